The average molecular weight is 887 g/mol. The van der Waals surface area contributed by atoms with Crippen LogP contribution in [0.4, 0.5) is 11.4 Å². The van der Waals surface area contributed by atoms with Gasteiger partial charge in [0.05, 0.1) is 22.1 Å². The van der Waals surface area contributed by atoms with Gasteiger partial charge in [-0.05, 0) is 144 Å². The zero-order valence-corrected chi connectivity index (χ0v) is 42.3. The zero-order valence-electron chi connectivity index (χ0n) is 42.3. The molecular weight excluding hydrogens is 824 g/mol. The Morgan fingerprint density at radius 3 is 1.93 bits per heavy atom. The lowest BCUT2D eigenvalue weighted by Crippen LogP contribution is -2.61. The second-order valence-electron chi connectivity index (χ2n) is 24.8. The molecule has 0 saturated heterocycles. The van der Waals surface area contributed by atoms with Crippen LogP contribution >= 0.6 is 0 Å². The molecule has 2 aromatic heterocycles. The fourth-order valence-corrected chi connectivity index (χ4v) is 13.3. The van der Waals surface area contributed by atoms with Gasteiger partial charge < -0.3 is 13.9 Å². The van der Waals surface area contributed by atoms with E-state index in [9.17, 15) is 0 Å². The fraction of sp³-hybridized carbons (Fsp3) is 0.317. The van der Waals surface area contributed by atoms with Crippen LogP contribution in [0.3, 0.4) is 0 Å². The molecule has 9 aromatic rings. The van der Waals surface area contributed by atoms with Gasteiger partial charge in [-0.25, -0.2) is 4.98 Å². The van der Waals surface area contributed by atoms with Crippen molar-refractivity contribution in [1.29, 1.82) is 0 Å². The van der Waals surface area contributed by atoms with E-state index in [-0.39, 0.29) is 33.9 Å². The molecule has 0 atom stereocenters. The van der Waals surface area contributed by atoms with E-state index in [1.807, 2.05) is 0 Å². The molecule has 0 N–H and O–H groups in total. The van der Waals surface area contributed by atoms with Crippen molar-refractivity contribution in [3.63, 3.8) is 0 Å². The first-order valence-electron chi connectivity index (χ1n) is 25.1. The summed E-state index contributed by atoms with van der Waals surface area (Å²) < 4.78 is 5.00. The quantitative estimate of drug-likeness (QED) is 0.162. The van der Waals surface area contributed by atoms with E-state index in [1.165, 1.54) is 105 Å². The first-order chi connectivity index (χ1) is 32.2. The molecule has 4 nitrogen and oxygen atoms in total. The molecule has 5 heteroatoms. The first-order valence-corrected chi connectivity index (χ1v) is 25.1. The van der Waals surface area contributed by atoms with Crippen LogP contribution in [-0.4, -0.2) is 21.0 Å². The third-order valence-electron chi connectivity index (χ3n) is 17.2. The molecule has 338 valence electrons. The number of benzene rings is 7. The molecule has 0 bridgehead atoms. The van der Waals surface area contributed by atoms with Gasteiger partial charge in [0.15, 0.2) is 0 Å². The topological polar surface area (TPSA) is 26.0 Å². The maximum Gasteiger partial charge on any atom is 0.333 e. The maximum absolute atomic E-state index is 5.51. The van der Waals surface area contributed by atoms with Gasteiger partial charge in [0.2, 0.25) is 0 Å². The van der Waals surface area contributed by atoms with Crippen molar-refractivity contribution < 1.29 is 0 Å². The number of hydrogen-bond donors (Lipinski definition) is 0. The molecular formula is C63H63BN4. The predicted molar refractivity (Wildman–Crippen MR) is 290 cm³/mol. The van der Waals surface area contributed by atoms with Crippen molar-refractivity contribution in [2.24, 2.45) is 7.05 Å². The molecule has 0 saturated carbocycles. The molecule has 0 radical (unpaired) electrons. The Morgan fingerprint density at radius 2 is 1.24 bits per heavy atom. The minimum Gasteiger partial charge on any atom is -0.376 e. The van der Waals surface area contributed by atoms with E-state index in [1.54, 1.807) is 0 Å². The normalized spacial score (nSPS) is 17.1. The Bertz CT molecular complexity index is 3670. The smallest absolute Gasteiger partial charge is 0.333 e. The summed E-state index contributed by atoms with van der Waals surface area (Å²) in [4.78, 5) is 8.27. The summed E-state index contributed by atoms with van der Waals surface area (Å²) in [6.45, 7) is 28.8. The summed E-state index contributed by atoms with van der Waals surface area (Å²) in [5.74, 6) is 0.982. The Morgan fingerprint density at radius 1 is 0.588 bits per heavy atom. The van der Waals surface area contributed by atoms with Crippen LogP contribution in [0.15, 0.2) is 121 Å². The molecule has 0 spiro atoms. The van der Waals surface area contributed by atoms with Crippen LogP contribution in [0.5, 0.6) is 0 Å². The Kier molecular flexibility index (Phi) is 8.15. The Hall–Kier alpha value is -6.33. The number of rotatable bonds is 2. The highest BCUT2D eigenvalue weighted by Gasteiger charge is 2.51. The van der Waals surface area contributed by atoms with E-state index >= 15 is 0 Å². The minimum absolute atomic E-state index is 0.0254. The van der Waals surface area contributed by atoms with E-state index < -0.39 is 0 Å². The van der Waals surface area contributed by atoms with Gasteiger partial charge in [-0.3, -0.25) is 0 Å². The monoisotopic (exact) mass is 887 g/mol. The molecule has 0 unspecified atom stereocenters. The highest BCUT2D eigenvalue weighted by atomic mass is 15.1. The standard InChI is InChI=1S/C63H63BN4/c1-59(2,3)37-23-26-39(27-24-37)68-49-33-45-44(61(7,8)29-30-62(45,9)10)32-42(49)53-52-40-21-17-18-22-43(40)63(11,12)55(52)54-41-31-38(60(4,5)6)25-28-48(41)67-50-35-51-47(34-46(50)64(68)56(53)57(54)67)65-58(66(51)13)36-19-15-14-16-20-36/h14-28,31-35H,29-30H2,1-13H3. The molecule has 0 amide bonds. The second-order valence-corrected chi connectivity index (χ2v) is 24.8. The number of hydrogen-bond acceptors (Lipinski definition) is 2. The van der Waals surface area contributed by atoms with Crippen LogP contribution in [0.1, 0.15) is 129 Å². The summed E-state index contributed by atoms with van der Waals surface area (Å²) in [6.07, 6.45) is 2.32. The SMILES string of the molecule is Cn1c(-c2ccccc2)nc2cc3c(cc21)-n1c2ccc(C(C)(C)C)cc2c2c4c(c5c(c21)B3N(c1ccc(C(C)(C)C)cc1)c1cc2c(cc1-5)C(C)(C)CCC2(C)C)-c1ccccc1C4(C)C. The highest BCUT2D eigenvalue weighted by molar-refractivity contribution is 6.94. The van der Waals surface area contributed by atoms with Gasteiger partial charge in [-0.15, -0.1) is 0 Å². The van der Waals surface area contributed by atoms with Gasteiger partial charge in [0, 0.05) is 51.4 Å². The van der Waals surface area contributed by atoms with Gasteiger partial charge in [-0.2, -0.15) is 0 Å². The van der Waals surface area contributed by atoms with Gasteiger partial charge >= 0.3 is 6.85 Å². The lowest BCUT2D eigenvalue weighted by molar-refractivity contribution is 0.332. The van der Waals surface area contributed by atoms with Gasteiger partial charge in [0.25, 0.3) is 0 Å². The van der Waals surface area contributed by atoms with Crippen LogP contribution in [0, 0.1) is 0 Å². The molecule has 4 heterocycles. The number of imidazole rings is 1. The van der Waals surface area contributed by atoms with Crippen LogP contribution in [0.25, 0.3) is 72.2 Å². The molecule has 7 aromatic carbocycles. The highest BCUT2D eigenvalue weighted by Crippen LogP contribution is 2.60. The third-order valence-corrected chi connectivity index (χ3v) is 17.2. The first kappa shape index (κ1) is 41.8. The van der Waals surface area contributed by atoms with E-state index in [0.717, 1.165) is 35.3 Å². The van der Waals surface area contributed by atoms with Crippen LogP contribution in [0.2, 0.25) is 0 Å². The third kappa shape index (κ3) is 5.42. The van der Waals surface area contributed by atoms with Gasteiger partial charge in [0.1, 0.15) is 5.82 Å². The fourth-order valence-electron chi connectivity index (χ4n) is 13.3. The number of nitrogens with zero attached hydrogens (tertiary/aromatic N) is 4. The second kappa shape index (κ2) is 13.3. The lowest BCUT2D eigenvalue weighted by atomic mass is 9.43. The molecule has 0 fully saturated rings. The summed E-state index contributed by atoms with van der Waals surface area (Å²) in [6, 6.07) is 47.3. The summed E-state index contributed by atoms with van der Waals surface area (Å²) in [7, 11) is 2.19. The van der Waals surface area contributed by atoms with Crippen molar-refractivity contribution in [3.05, 3.63) is 155 Å². The summed E-state index contributed by atoms with van der Waals surface area (Å²) >= 11 is 0. The van der Waals surface area contributed by atoms with Crippen LogP contribution in [-0.2, 0) is 34.1 Å². The number of aromatic nitrogens is 3. The Labute approximate surface area is 403 Å². The number of fused-ring (bicyclic) bond motifs is 15. The van der Waals surface area contributed by atoms with E-state index in [2.05, 4.69) is 225 Å². The molecule has 2 aliphatic carbocycles. The maximum atomic E-state index is 5.51. The predicted octanol–water partition coefficient (Wildman–Crippen LogP) is 14.8. The summed E-state index contributed by atoms with van der Waals surface area (Å²) in [5, 5.41) is 2.74. The van der Waals surface area contributed by atoms with Crippen molar-refractivity contribution in [3.8, 4) is 39.3 Å². The largest absolute Gasteiger partial charge is 0.376 e. The van der Waals surface area contributed by atoms with Crippen molar-refractivity contribution in [2.75, 3.05) is 4.81 Å². The lowest BCUT2D eigenvalue weighted by Gasteiger charge is -2.47. The average Bonchev–Trinajstić information content (AvgIpc) is 3.90. The number of aryl methyl sites for hydroxylation is 1. The van der Waals surface area contributed by atoms with E-state index in [0.29, 0.717) is 0 Å². The van der Waals surface area contributed by atoms with Gasteiger partial charge in [-0.1, -0.05) is 156 Å². The van der Waals surface area contributed by atoms with Crippen molar-refractivity contribution in [2.45, 2.75) is 123 Å². The van der Waals surface area contributed by atoms with E-state index in [4.69, 9.17) is 4.98 Å². The Balaban J connectivity index is 1.27. The molecule has 68 heavy (non-hydrogen) atoms. The zero-order chi connectivity index (χ0) is 47.4. The van der Waals surface area contributed by atoms with Crippen LogP contribution < -0.4 is 15.7 Å². The summed E-state index contributed by atoms with van der Waals surface area (Å²) in [5.41, 5.74) is 26.3. The van der Waals surface area contributed by atoms with Crippen molar-refractivity contribution in [1.82, 2.24) is 14.1 Å². The molecule has 4 aliphatic rings. The number of anilines is 2. The minimum atomic E-state index is -0.250. The molecule has 2 aliphatic heterocycles. The van der Waals surface area contributed by atoms with Crippen molar-refractivity contribution >= 4 is 62.0 Å². The molecule has 13 rings (SSSR count).